The van der Waals surface area contributed by atoms with Crippen molar-refractivity contribution >= 4 is 17.8 Å². The van der Waals surface area contributed by atoms with Crippen molar-refractivity contribution in [2.75, 3.05) is 0 Å². The van der Waals surface area contributed by atoms with Crippen molar-refractivity contribution in [1.82, 2.24) is 10.2 Å². The molecule has 5 heteroatoms. The maximum atomic E-state index is 12.6. The second-order valence-corrected chi connectivity index (χ2v) is 6.30. The van der Waals surface area contributed by atoms with E-state index in [0.29, 0.717) is 18.8 Å². The van der Waals surface area contributed by atoms with Crippen LogP contribution in [0.4, 0.5) is 4.79 Å². The van der Waals surface area contributed by atoms with Gasteiger partial charge in [-0.1, -0.05) is 26.2 Å². The summed E-state index contributed by atoms with van der Waals surface area (Å²) in [6.45, 7) is 2.16. The van der Waals surface area contributed by atoms with Crippen LogP contribution < -0.4 is 5.32 Å². The lowest BCUT2D eigenvalue weighted by Gasteiger charge is -2.47. The maximum Gasteiger partial charge on any atom is 0.331 e. The second kappa shape index (κ2) is 4.32. The first-order valence-electron chi connectivity index (χ1n) is 7.24. The third-order valence-electron chi connectivity index (χ3n) is 4.98. The average Bonchev–Trinajstić information content (AvgIpc) is 2.26. The van der Waals surface area contributed by atoms with Crippen LogP contribution >= 0.6 is 0 Å². The fraction of sp³-hybridized carbons (Fsp3) is 0.786. The third-order valence-corrected chi connectivity index (χ3v) is 4.98. The molecule has 5 nitrogen and oxygen atoms in total. The molecule has 2 atom stereocenters. The summed E-state index contributed by atoms with van der Waals surface area (Å²) in [5, 5.41) is 2.39. The molecule has 2 saturated carbocycles. The maximum absolute atomic E-state index is 12.6. The minimum absolute atomic E-state index is 0.0261. The minimum atomic E-state index is -0.922. The van der Waals surface area contributed by atoms with E-state index >= 15 is 0 Å². The summed E-state index contributed by atoms with van der Waals surface area (Å²) in [6, 6.07) is -0.534. The van der Waals surface area contributed by atoms with Crippen LogP contribution in [-0.2, 0) is 9.59 Å². The molecule has 3 fully saturated rings. The standard InChI is InChI=1S/C14H20N2O3/c1-9-4-2-5-10(8-9)16-12(18)14(6-3-7-14)11(17)15-13(16)19/h9-10H,2-8H2,1H3,(H,15,17,19). The number of nitrogens with one attached hydrogen (secondary N) is 1. The molecular weight excluding hydrogens is 244 g/mol. The minimum Gasteiger partial charge on any atom is -0.277 e. The lowest BCUT2D eigenvalue weighted by molar-refractivity contribution is -0.159. The van der Waals surface area contributed by atoms with Gasteiger partial charge in [0.05, 0.1) is 0 Å². The van der Waals surface area contributed by atoms with Gasteiger partial charge in [-0.25, -0.2) is 4.79 Å². The molecule has 0 aromatic rings. The number of hydrogen-bond acceptors (Lipinski definition) is 3. The summed E-state index contributed by atoms with van der Waals surface area (Å²) in [5.74, 6) is -0.0882. The lowest BCUT2D eigenvalue weighted by atomic mass is 9.66. The Hall–Kier alpha value is -1.39. The molecular formula is C14H20N2O3. The molecule has 4 amide bonds. The Bertz CT molecular complexity index is 442. The molecule has 1 heterocycles. The Kier molecular flexibility index (Phi) is 2.87. The Morgan fingerprint density at radius 2 is 1.89 bits per heavy atom. The fourth-order valence-electron chi connectivity index (χ4n) is 3.64. The number of imide groups is 2. The Balaban J connectivity index is 1.85. The molecule has 0 bridgehead atoms. The Morgan fingerprint density at radius 1 is 1.16 bits per heavy atom. The van der Waals surface area contributed by atoms with E-state index in [1.54, 1.807) is 0 Å². The quantitative estimate of drug-likeness (QED) is 0.734. The highest BCUT2D eigenvalue weighted by Gasteiger charge is 2.58. The van der Waals surface area contributed by atoms with Gasteiger partial charge in [-0.3, -0.25) is 19.8 Å². The van der Waals surface area contributed by atoms with E-state index in [4.69, 9.17) is 0 Å². The smallest absolute Gasteiger partial charge is 0.277 e. The SMILES string of the molecule is CC1CCCC(N2C(=O)NC(=O)C3(CCC3)C2=O)C1. The van der Waals surface area contributed by atoms with E-state index < -0.39 is 11.4 Å². The highest BCUT2D eigenvalue weighted by molar-refractivity contribution is 6.19. The number of barbiturate groups is 1. The van der Waals surface area contributed by atoms with E-state index in [1.165, 1.54) is 4.90 Å². The molecule has 1 saturated heterocycles. The predicted octanol–water partition coefficient (Wildman–Crippen LogP) is 1.81. The lowest BCUT2D eigenvalue weighted by Crippen LogP contribution is -2.68. The van der Waals surface area contributed by atoms with Gasteiger partial charge in [-0.15, -0.1) is 0 Å². The second-order valence-electron chi connectivity index (χ2n) is 6.30. The molecule has 1 N–H and O–H groups in total. The summed E-state index contributed by atoms with van der Waals surface area (Å²) < 4.78 is 0. The van der Waals surface area contributed by atoms with E-state index in [1.807, 2.05) is 0 Å². The van der Waals surface area contributed by atoms with Crippen molar-refractivity contribution in [3.8, 4) is 0 Å². The zero-order valence-electron chi connectivity index (χ0n) is 11.3. The molecule has 0 radical (unpaired) electrons. The van der Waals surface area contributed by atoms with Gasteiger partial charge < -0.3 is 0 Å². The summed E-state index contributed by atoms with van der Waals surface area (Å²) in [7, 11) is 0. The first-order valence-corrected chi connectivity index (χ1v) is 7.24. The molecule has 2 aliphatic carbocycles. The van der Waals surface area contributed by atoms with Crippen molar-refractivity contribution in [1.29, 1.82) is 0 Å². The molecule has 19 heavy (non-hydrogen) atoms. The van der Waals surface area contributed by atoms with Gasteiger partial charge in [0.15, 0.2) is 0 Å². The van der Waals surface area contributed by atoms with Crippen LogP contribution in [0.15, 0.2) is 0 Å². The van der Waals surface area contributed by atoms with Gasteiger partial charge >= 0.3 is 6.03 Å². The topological polar surface area (TPSA) is 66.5 Å². The Labute approximate surface area is 112 Å². The van der Waals surface area contributed by atoms with E-state index in [2.05, 4.69) is 12.2 Å². The number of amides is 4. The van der Waals surface area contributed by atoms with Crippen LogP contribution in [0.25, 0.3) is 0 Å². The number of carbonyl (C=O) groups excluding carboxylic acids is 3. The number of carbonyl (C=O) groups is 3. The zero-order valence-corrected chi connectivity index (χ0v) is 11.3. The van der Waals surface area contributed by atoms with Crippen molar-refractivity contribution in [2.45, 2.75) is 57.9 Å². The van der Waals surface area contributed by atoms with Crippen molar-refractivity contribution in [3.05, 3.63) is 0 Å². The van der Waals surface area contributed by atoms with Gasteiger partial charge in [0.2, 0.25) is 11.8 Å². The molecule has 0 aromatic heterocycles. The number of hydrogen-bond donors (Lipinski definition) is 1. The van der Waals surface area contributed by atoms with Crippen LogP contribution in [-0.4, -0.2) is 28.8 Å². The first-order chi connectivity index (χ1) is 9.04. The Morgan fingerprint density at radius 3 is 2.47 bits per heavy atom. The van der Waals surface area contributed by atoms with Crippen LogP contribution in [0.2, 0.25) is 0 Å². The fourth-order valence-corrected chi connectivity index (χ4v) is 3.64. The predicted molar refractivity (Wildman–Crippen MR) is 68.1 cm³/mol. The van der Waals surface area contributed by atoms with Gasteiger partial charge in [0, 0.05) is 6.04 Å². The molecule has 1 aliphatic heterocycles. The summed E-state index contributed by atoms with van der Waals surface area (Å²) in [4.78, 5) is 37.9. The molecule has 1 spiro atoms. The normalized spacial score (nSPS) is 34.2. The van der Waals surface area contributed by atoms with Crippen molar-refractivity contribution in [2.24, 2.45) is 11.3 Å². The molecule has 104 valence electrons. The monoisotopic (exact) mass is 264 g/mol. The summed E-state index contributed by atoms with van der Waals surface area (Å²) in [5.41, 5.74) is -0.922. The number of urea groups is 1. The van der Waals surface area contributed by atoms with Crippen LogP contribution in [0.5, 0.6) is 0 Å². The van der Waals surface area contributed by atoms with E-state index in [-0.39, 0.29) is 17.9 Å². The van der Waals surface area contributed by atoms with Crippen LogP contribution in [0, 0.1) is 11.3 Å². The molecule has 3 aliphatic rings. The third kappa shape index (κ3) is 1.78. The van der Waals surface area contributed by atoms with Crippen molar-refractivity contribution < 1.29 is 14.4 Å². The zero-order chi connectivity index (χ0) is 13.6. The van der Waals surface area contributed by atoms with Crippen LogP contribution in [0.1, 0.15) is 51.9 Å². The van der Waals surface area contributed by atoms with Crippen LogP contribution in [0.3, 0.4) is 0 Å². The van der Waals surface area contributed by atoms with Crippen molar-refractivity contribution in [3.63, 3.8) is 0 Å². The number of rotatable bonds is 1. The summed E-state index contributed by atoms with van der Waals surface area (Å²) >= 11 is 0. The van der Waals surface area contributed by atoms with Gasteiger partial charge in [0.25, 0.3) is 0 Å². The van der Waals surface area contributed by atoms with Gasteiger partial charge in [-0.05, 0) is 31.6 Å². The molecule has 2 unspecified atom stereocenters. The summed E-state index contributed by atoms with van der Waals surface area (Å²) in [6.07, 6.45) is 6.00. The largest absolute Gasteiger partial charge is 0.331 e. The van der Waals surface area contributed by atoms with E-state index in [9.17, 15) is 14.4 Å². The van der Waals surface area contributed by atoms with Gasteiger partial charge in [0.1, 0.15) is 5.41 Å². The average molecular weight is 264 g/mol. The first kappa shape index (κ1) is 12.6. The molecule has 0 aromatic carbocycles. The highest BCUT2D eigenvalue weighted by atomic mass is 16.2. The molecule has 3 rings (SSSR count). The van der Waals surface area contributed by atoms with Gasteiger partial charge in [-0.2, -0.15) is 0 Å². The van der Waals surface area contributed by atoms with E-state index in [0.717, 1.165) is 32.1 Å². The highest BCUT2D eigenvalue weighted by Crippen LogP contribution is 2.45. The number of nitrogens with zero attached hydrogens (tertiary/aromatic N) is 1.